The van der Waals surface area contributed by atoms with Crippen molar-refractivity contribution in [3.05, 3.63) is 42.0 Å². The number of aliphatic hydroxyl groups is 1. The molecule has 1 N–H and O–H groups in total. The fourth-order valence-corrected chi connectivity index (χ4v) is 5.87. The summed E-state index contributed by atoms with van der Waals surface area (Å²) in [4.78, 5) is 2.38. The molecule has 2 aliphatic heterocycles. The third kappa shape index (κ3) is 4.17. The number of piperidine rings is 1. The van der Waals surface area contributed by atoms with E-state index in [1.165, 1.54) is 25.7 Å². The van der Waals surface area contributed by atoms with Crippen molar-refractivity contribution in [3.63, 3.8) is 0 Å². The molecule has 5 heteroatoms. The molecule has 168 valence electrons. The van der Waals surface area contributed by atoms with E-state index in [0.717, 1.165) is 65.7 Å². The van der Waals surface area contributed by atoms with Crippen LogP contribution in [0.3, 0.4) is 0 Å². The summed E-state index contributed by atoms with van der Waals surface area (Å²) in [6.45, 7) is 3.45. The molecule has 2 unspecified atom stereocenters. The van der Waals surface area contributed by atoms with Crippen LogP contribution in [0.4, 0.5) is 5.69 Å². The highest BCUT2D eigenvalue weighted by Gasteiger charge is 2.31. The van der Waals surface area contributed by atoms with Gasteiger partial charge in [-0.2, -0.15) is 5.26 Å². The topological polar surface area (TPSA) is 65.7 Å². The molecule has 2 fully saturated rings. The molecule has 1 saturated carbocycles. The maximum Gasteiger partial charge on any atom is 0.161 e. The maximum absolute atomic E-state index is 10.1. The van der Waals surface area contributed by atoms with Crippen LogP contribution >= 0.6 is 0 Å². The standard InChI is InChI=1S/C27H32N2O3/c28-17-24-23(21-7-8-26-27(16-21)32-14-13-31-26)5-2-6-25(24)29-11-9-19(10-12-29)15-20-3-1-4-22(20)18-30/h2,5-8,16,19-20,22,30H,1,3-4,9-15,18H2. The van der Waals surface area contributed by atoms with E-state index in [1.807, 2.05) is 24.3 Å². The van der Waals surface area contributed by atoms with Crippen LogP contribution in [0.25, 0.3) is 11.1 Å². The number of hydrogen-bond acceptors (Lipinski definition) is 5. The highest BCUT2D eigenvalue weighted by atomic mass is 16.6. The number of ether oxygens (including phenoxy) is 2. The smallest absolute Gasteiger partial charge is 0.161 e. The minimum atomic E-state index is 0.349. The van der Waals surface area contributed by atoms with Gasteiger partial charge in [0.1, 0.15) is 19.3 Å². The average Bonchev–Trinajstić information content (AvgIpc) is 3.30. The highest BCUT2D eigenvalue weighted by molar-refractivity contribution is 5.79. The summed E-state index contributed by atoms with van der Waals surface area (Å²) in [5, 5.41) is 19.7. The minimum Gasteiger partial charge on any atom is -0.486 e. The van der Waals surface area contributed by atoms with Gasteiger partial charge < -0.3 is 19.5 Å². The predicted octanol–water partition coefficient (Wildman–Crippen LogP) is 5.01. The summed E-state index contributed by atoms with van der Waals surface area (Å²) in [6.07, 6.45) is 7.32. The summed E-state index contributed by atoms with van der Waals surface area (Å²) < 4.78 is 11.4. The molecule has 2 heterocycles. The molecule has 32 heavy (non-hydrogen) atoms. The number of aliphatic hydroxyl groups excluding tert-OH is 1. The lowest BCUT2D eigenvalue weighted by atomic mass is 9.82. The van der Waals surface area contributed by atoms with Gasteiger partial charge in [0.25, 0.3) is 0 Å². The number of hydrogen-bond donors (Lipinski definition) is 1. The van der Waals surface area contributed by atoms with Crippen molar-refractivity contribution in [2.24, 2.45) is 17.8 Å². The Kier molecular flexibility index (Phi) is 6.23. The molecule has 2 atom stereocenters. The second-order valence-corrected chi connectivity index (χ2v) is 9.47. The minimum absolute atomic E-state index is 0.349. The van der Waals surface area contributed by atoms with Crippen LogP contribution in [0.2, 0.25) is 0 Å². The van der Waals surface area contributed by atoms with Crippen LogP contribution in [-0.4, -0.2) is 38.0 Å². The van der Waals surface area contributed by atoms with E-state index in [0.29, 0.717) is 31.7 Å². The number of anilines is 1. The van der Waals surface area contributed by atoms with Crippen LogP contribution in [0, 0.1) is 29.1 Å². The van der Waals surface area contributed by atoms with Crippen LogP contribution < -0.4 is 14.4 Å². The lowest BCUT2D eigenvalue weighted by molar-refractivity contribution is 0.171. The first-order valence-corrected chi connectivity index (χ1v) is 12.1. The van der Waals surface area contributed by atoms with Crippen molar-refractivity contribution in [3.8, 4) is 28.7 Å². The fraction of sp³-hybridized carbons (Fsp3) is 0.519. The van der Waals surface area contributed by atoms with E-state index < -0.39 is 0 Å². The molecule has 5 rings (SSSR count). The van der Waals surface area contributed by atoms with Crippen LogP contribution in [0.15, 0.2) is 36.4 Å². The number of fused-ring (bicyclic) bond motifs is 1. The summed E-state index contributed by atoms with van der Waals surface area (Å²) >= 11 is 0. The molecule has 0 radical (unpaired) electrons. The molecule has 2 aromatic rings. The van der Waals surface area contributed by atoms with Crippen LogP contribution in [0.1, 0.15) is 44.1 Å². The summed E-state index contributed by atoms with van der Waals surface area (Å²) in [7, 11) is 0. The van der Waals surface area contributed by atoms with Crippen molar-refractivity contribution in [2.75, 3.05) is 37.8 Å². The van der Waals surface area contributed by atoms with E-state index in [2.05, 4.69) is 23.1 Å². The Balaban J connectivity index is 1.32. The first kappa shape index (κ1) is 21.2. The predicted molar refractivity (Wildman–Crippen MR) is 125 cm³/mol. The Hall–Kier alpha value is -2.71. The fourth-order valence-electron chi connectivity index (χ4n) is 5.87. The zero-order valence-electron chi connectivity index (χ0n) is 18.6. The monoisotopic (exact) mass is 432 g/mol. The van der Waals surface area contributed by atoms with E-state index in [4.69, 9.17) is 9.47 Å². The molecule has 0 amide bonds. The zero-order chi connectivity index (χ0) is 21.9. The molecule has 0 aromatic heterocycles. The van der Waals surface area contributed by atoms with Crippen molar-refractivity contribution in [1.29, 1.82) is 5.26 Å². The van der Waals surface area contributed by atoms with Gasteiger partial charge in [0.2, 0.25) is 0 Å². The van der Waals surface area contributed by atoms with Crippen LogP contribution in [-0.2, 0) is 0 Å². The Labute approximate surface area is 190 Å². The van der Waals surface area contributed by atoms with Gasteiger partial charge in [-0.3, -0.25) is 0 Å². The zero-order valence-corrected chi connectivity index (χ0v) is 18.6. The second kappa shape index (κ2) is 9.42. The van der Waals surface area contributed by atoms with Gasteiger partial charge in [-0.1, -0.05) is 31.0 Å². The van der Waals surface area contributed by atoms with E-state index >= 15 is 0 Å². The maximum atomic E-state index is 10.1. The van der Waals surface area contributed by atoms with E-state index in [1.54, 1.807) is 0 Å². The van der Waals surface area contributed by atoms with Crippen molar-refractivity contribution < 1.29 is 14.6 Å². The lowest BCUT2D eigenvalue weighted by Gasteiger charge is -2.36. The average molecular weight is 433 g/mol. The molecule has 1 aliphatic carbocycles. The number of nitrogens with zero attached hydrogens (tertiary/aromatic N) is 2. The number of benzene rings is 2. The van der Waals surface area contributed by atoms with Gasteiger partial charge >= 0.3 is 0 Å². The van der Waals surface area contributed by atoms with Gasteiger partial charge in [-0.05, 0) is 67.2 Å². The third-order valence-corrected chi connectivity index (χ3v) is 7.65. The summed E-state index contributed by atoms with van der Waals surface area (Å²) in [6, 6.07) is 14.6. The largest absolute Gasteiger partial charge is 0.486 e. The number of rotatable bonds is 5. The van der Waals surface area contributed by atoms with E-state index in [9.17, 15) is 10.4 Å². The van der Waals surface area contributed by atoms with Gasteiger partial charge in [0.15, 0.2) is 11.5 Å². The van der Waals surface area contributed by atoms with Crippen molar-refractivity contribution >= 4 is 5.69 Å². The second-order valence-electron chi connectivity index (χ2n) is 9.47. The van der Waals surface area contributed by atoms with Crippen molar-refractivity contribution in [2.45, 2.75) is 38.5 Å². The lowest BCUT2D eigenvalue weighted by Crippen LogP contribution is -2.35. The first-order chi connectivity index (χ1) is 15.8. The van der Waals surface area contributed by atoms with Crippen molar-refractivity contribution in [1.82, 2.24) is 0 Å². The SMILES string of the molecule is N#Cc1c(-c2ccc3c(c2)OCCO3)cccc1N1CCC(CC2CCCC2CO)CC1. The highest BCUT2D eigenvalue weighted by Crippen LogP contribution is 2.40. The third-order valence-electron chi connectivity index (χ3n) is 7.65. The Morgan fingerprint density at radius 1 is 0.969 bits per heavy atom. The molecule has 2 aromatic carbocycles. The normalized spacial score (nSPS) is 23.2. The van der Waals surface area contributed by atoms with Gasteiger partial charge in [0, 0.05) is 25.3 Å². The number of nitriles is 1. The quantitative estimate of drug-likeness (QED) is 0.719. The molecule has 3 aliphatic rings. The first-order valence-electron chi connectivity index (χ1n) is 12.1. The summed E-state index contributed by atoms with van der Waals surface area (Å²) in [5.74, 6) is 3.46. The van der Waals surface area contributed by atoms with Gasteiger partial charge in [-0.25, -0.2) is 0 Å². The molecule has 5 nitrogen and oxygen atoms in total. The molecule has 0 bridgehead atoms. The molecular weight excluding hydrogens is 400 g/mol. The molecule has 0 spiro atoms. The van der Waals surface area contributed by atoms with Gasteiger partial charge in [0.05, 0.1) is 11.3 Å². The molecular formula is C27H32N2O3. The summed E-state index contributed by atoms with van der Waals surface area (Å²) in [5.41, 5.74) is 3.70. The Morgan fingerprint density at radius 2 is 1.75 bits per heavy atom. The Bertz CT molecular complexity index is 991. The Morgan fingerprint density at radius 3 is 2.53 bits per heavy atom. The van der Waals surface area contributed by atoms with E-state index in [-0.39, 0.29) is 0 Å². The van der Waals surface area contributed by atoms with Crippen LogP contribution in [0.5, 0.6) is 11.5 Å². The molecule has 1 saturated heterocycles. The van der Waals surface area contributed by atoms with Gasteiger partial charge in [-0.15, -0.1) is 0 Å².